The van der Waals surface area contributed by atoms with Crippen LogP contribution in [0.4, 0.5) is 11.5 Å². The number of benzene rings is 1. The fraction of sp³-hybridized carbons (Fsp3) is 0.538. The molecule has 8 heteroatoms. The Hall–Kier alpha value is -3.00. The second kappa shape index (κ2) is 8.65. The number of nitrogens with two attached hydrogens (primary N) is 1. The molecule has 2 aromatic rings. The fourth-order valence-electron chi connectivity index (χ4n) is 5.49. The first-order chi connectivity index (χ1) is 16.2. The van der Waals surface area contributed by atoms with Gasteiger partial charge in [0.15, 0.2) is 11.5 Å². The van der Waals surface area contributed by atoms with Crippen LogP contribution in [0.5, 0.6) is 5.88 Å². The number of aliphatic imine (C=N–C) groups is 1. The van der Waals surface area contributed by atoms with Gasteiger partial charge >= 0.3 is 0 Å². The van der Waals surface area contributed by atoms with Gasteiger partial charge in [0.2, 0.25) is 5.88 Å². The summed E-state index contributed by atoms with van der Waals surface area (Å²) in [6, 6.07) is 8.63. The van der Waals surface area contributed by atoms with Crippen LogP contribution in [-0.2, 0) is 4.79 Å². The molecule has 3 heterocycles. The molecule has 1 aromatic heterocycles. The summed E-state index contributed by atoms with van der Waals surface area (Å²) in [5, 5.41) is 9.69. The van der Waals surface area contributed by atoms with E-state index in [0.29, 0.717) is 48.0 Å². The van der Waals surface area contributed by atoms with Crippen LogP contribution in [0.1, 0.15) is 68.8 Å². The normalized spacial score (nSPS) is 26.1. The Kier molecular flexibility index (Phi) is 5.80. The summed E-state index contributed by atoms with van der Waals surface area (Å²) in [6.07, 6.45) is 4.22. The number of hydrogen-bond acceptors (Lipinski definition) is 7. The minimum Gasteiger partial charge on any atom is -0.463 e. The van der Waals surface area contributed by atoms with Gasteiger partial charge in [0.1, 0.15) is 17.5 Å². The number of aromatic nitrogens is 2. The summed E-state index contributed by atoms with van der Waals surface area (Å²) in [7, 11) is 0. The molecule has 1 saturated heterocycles. The number of ether oxygens (including phenoxy) is 1. The molecule has 3 N–H and O–H groups in total. The van der Waals surface area contributed by atoms with Gasteiger partial charge in [-0.15, -0.1) is 0 Å². The number of fused-ring (bicyclic) bond motifs is 1. The second-order valence-electron chi connectivity index (χ2n) is 10.3. The Labute approximate surface area is 200 Å². The first kappa shape index (κ1) is 22.8. The molecule has 1 aliphatic carbocycles. The van der Waals surface area contributed by atoms with Crippen LogP contribution in [0.15, 0.2) is 29.3 Å². The smallest absolute Gasteiger partial charge is 0.251 e. The molecule has 1 aromatic carbocycles. The lowest BCUT2D eigenvalue weighted by Crippen LogP contribution is -2.41. The summed E-state index contributed by atoms with van der Waals surface area (Å²) in [4.78, 5) is 27.3. The quantitative estimate of drug-likeness (QED) is 0.717. The van der Waals surface area contributed by atoms with Crippen molar-refractivity contribution in [1.82, 2.24) is 14.9 Å². The highest BCUT2D eigenvalue weighted by Gasteiger charge is 2.36. The number of likely N-dealkylation sites (tertiary alicyclic amines) is 1. The molecule has 0 radical (unpaired) electrons. The minimum atomic E-state index is -0.791. The van der Waals surface area contributed by atoms with Crippen LogP contribution in [-0.4, -0.2) is 56.4 Å². The van der Waals surface area contributed by atoms with E-state index in [4.69, 9.17) is 15.5 Å². The highest BCUT2D eigenvalue weighted by Crippen LogP contribution is 2.40. The lowest BCUT2D eigenvalue weighted by Gasteiger charge is -2.33. The Balaban J connectivity index is 1.27. The molecule has 2 aliphatic heterocycles. The maximum Gasteiger partial charge on any atom is 0.251 e. The van der Waals surface area contributed by atoms with E-state index in [1.165, 1.54) is 5.56 Å². The van der Waals surface area contributed by atoms with Gasteiger partial charge in [-0.25, -0.2) is 9.98 Å². The van der Waals surface area contributed by atoms with E-state index < -0.39 is 11.7 Å². The van der Waals surface area contributed by atoms with Crippen molar-refractivity contribution in [2.45, 2.75) is 70.5 Å². The number of aliphatic hydroxyl groups is 1. The van der Waals surface area contributed by atoms with Crippen molar-refractivity contribution in [2.75, 3.05) is 18.8 Å². The number of carbonyl (C=O) groups is 1. The highest BCUT2D eigenvalue weighted by atomic mass is 16.5. The van der Waals surface area contributed by atoms with E-state index in [9.17, 15) is 9.90 Å². The van der Waals surface area contributed by atoms with E-state index >= 15 is 0 Å². The zero-order valence-corrected chi connectivity index (χ0v) is 20.1. The highest BCUT2D eigenvalue weighted by molar-refractivity contribution is 6.09. The van der Waals surface area contributed by atoms with Crippen molar-refractivity contribution in [3.05, 3.63) is 41.2 Å². The topological polar surface area (TPSA) is 114 Å². The molecule has 0 bridgehead atoms. The molecular formula is C26H33N5O3. The van der Waals surface area contributed by atoms with Crippen LogP contribution < -0.4 is 10.5 Å². The molecule has 1 saturated carbocycles. The van der Waals surface area contributed by atoms with Gasteiger partial charge in [0, 0.05) is 18.7 Å². The lowest BCUT2D eigenvalue weighted by molar-refractivity contribution is -0.135. The van der Waals surface area contributed by atoms with Crippen LogP contribution in [0.2, 0.25) is 0 Å². The number of amides is 1. The third kappa shape index (κ3) is 4.27. The van der Waals surface area contributed by atoms with Crippen LogP contribution in [0, 0.1) is 12.8 Å². The van der Waals surface area contributed by atoms with Gasteiger partial charge < -0.3 is 20.5 Å². The number of carbonyl (C=O) groups excluding carboxylic acids is 1. The number of nitrogen functional groups attached to an aromatic ring is 1. The van der Waals surface area contributed by atoms with Crippen molar-refractivity contribution < 1.29 is 14.6 Å². The maximum absolute atomic E-state index is 12.0. The van der Waals surface area contributed by atoms with Crippen LogP contribution >= 0.6 is 0 Å². The molecule has 3 aliphatic rings. The summed E-state index contributed by atoms with van der Waals surface area (Å²) in [5.74, 6) is 2.27. The zero-order valence-electron chi connectivity index (χ0n) is 20.1. The molecule has 0 spiro atoms. The summed E-state index contributed by atoms with van der Waals surface area (Å²) < 4.78 is 6.17. The van der Waals surface area contributed by atoms with E-state index in [-0.39, 0.29) is 5.91 Å². The molecule has 8 nitrogen and oxygen atoms in total. The molecule has 34 heavy (non-hydrogen) atoms. The van der Waals surface area contributed by atoms with Gasteiger partial charge in [-0.2, -0.15) is 4.98 Å². The number of aryl methyl sites for hydroxylation is 1. The van der Waals surface area contributed by atoms with Crippen molar-refractivity contribution >= 4 is 23.1 Å². The first-order valence-electron chi connectivity index (χ1n) is 12.2. The van der Waals surface area contributed by atoms with E-state index in [1.807, 2.05) is 18.7 Å². The Morgan fingerprint density at radius 2 is 1.82 bits per heavy atom. The predicted octanol–water partition coefficient (Wildman–Crippen LogP) is 3.53. The molecule has 2 fully saturated rings. The first-order valence-corrected chi connectivity index (χ1v) is 12.2. The van der Waals surface area contributed by atoms with Crippen LogP contribution in [0.3, 0.4) is 0 Å². The molecule has 180 valence electrons. The average molecular weight is 464 g/mol. The third-order valence-electron chi connectivity index (χ3n) is 7.39. The monoisotopic (exact) mass is 463 g/mol. The molecular weight excluding hydrogens is 430 g/mol. The Morgan fingerprint density at radius 3 is 2.47 bits per heavy atom. The number of aliphatic hydroxyl groups excluding tert-OH is 1. The summed E-state index contributed by atoms with van der Waals surface area (Å²) >= 11 is 0. The third-order valence-corrected chi connectivity index (χ3v) is 7.39. The Morgan fingerprint density at radius 1 is 1.12 bits per heavy atom. The van der Waals surface area contributed by atoms with Crippen molar-refractivity contribution in [3.8, 4) is 5.88 Å². The van der Waals surface area contributed by atoms with Crippen molar-refractivity contribution in [1.29, 1.82) is 0 Å². The largest absolute Gasteiger partial charge is 0.463 e. The van der Waals surface area contributed by atoms with Gasteiger partial charge in [-0.1, -0.05) is 24.3 Å². The van der Waals surface area contributed by atoms with E-state index in [0.717, 1.165) is 43.5 Å². The van der Waals surface area contributed by atoms with E-state index in [2.05, 4.69) is 34.2 Å². The molecule has 5 rings (SSSR count). The van der Waals surface area contributed by atoms with Crippen molar-refractivity contribution in [2.24, 2.45) is 10.9 Å². The lowest BCUT2D eigenvalue weighted by atomic mass is 9.78. The van der Waals surface area contributed by atoms with Gasteiger partial charge in [0.05, 0.1) is 5.71 Å². The van der Waals surface area contributed by atoms with Crippen molar-refractivity contribution in [3.63, 3.8) is 0 Å². The summed E-state index contributed by atoms with van der Waals surface area (Å²) in [6.45, 7) is 7.23. The Bertz CT molecular complexity index is 1120. The van der Waals surface area contributed by atoms with Crippen LogP contribution in [0.25, 0.3) is 0 Å². The number of rotatable bonds is 4. The van der Waals surface area contributed by atoms with E-state index in [1.54, 1.807) is 6.92 Å². The average Bonchev–Trinajstić information content (AvgIpc) is 3.11. The van der Waals surface area contributed by atoms with Gasteiger partial charge in [-0.05, 0) is 70.3 Å². The minimum absolute atomic E-state index is 0.0960. The second-order valence-corrected chi connectivity index (χ2v) is 10.3. The molecule has 1 amide bonds. The predicted molar refractivity (Wildman–Crippen MR) is 130 cm³/mol. The standard InChI is InChI=1S/C26H33N5O3/c1-15-28-23(27)21-24(29-15)34-26(2,3)22(30-21)19-10-8-18(9-11-19)17-6-4-16(5-7-17)14-31-13-12-20(32)25(31)33/h8-11,16-17,20,32H,4-7,12-14H2,1-3H3,(H2,27,28,29). The fourth-order valence-corrected chi connectivity index (χ4v) is 5.49. The number of anilines is 1. The zero-order chi connectivity index (χ0) is 24.0. The SMILES string of the molecule is Cc1nc(N)c2c(n1)OC(C)(C)C(c1ccc(C3CCC(CN4CCC(O)C4=O)CC3)cc1)=N2. The summed E-state index contributed by atoms with van der Waals surface area (Å²) in [5.41, 5.74) is 9.10. The molecule has 1 unspecified atom stereocenters. The van der Waals surface area contributed by atoms with Gasteiger partial charge in [0.25, 0.3) is 5.91 Å². The number of nitrogens with zero attached hydrogens (tertiary/aromatic N) is 4. The number of hydrogen-bond donors (Lipinski definition) is 2. The maximum atomic E-state index is 12.0. The van der Waals surface area contributed by atoms with Gasteiger partial charge in [-0.3, -0.25) is 4.79 Å². The molecule has 1 atom stereocenters.